The van der Waals surface area contributed by atoms with Crippen molar-refractivity contribution in [2.45, 2.75) is 39.2 Å². The van der Waals surface area contributed by atoms with Crippen molar-refractivity contribution < 1.29 is 9.53 Å². The minimum atomic E-state index is -0.0133. The molecular weight excluding hydrogens is 440 g/mol. The molecule has 6 heteroatoms. The number of carbonyl (C=O) groups is 1. The van der Waals surface area contributed by atoms with Crippen LogP contribution in [0.2, 0.25) is 5.02 Å². The summed E-state index contributed by atoms with van der Waals surface area (Å²) in [6.45, 7) is 6.44. The van der Waals surface area contributed by atoms with Crippen LogP contribution >= 0.6 is 22.9 Å². The van der Waals surface area contributed by atoms with Crippen molar-refractivity contribution in [1.29, 1.82) is 0 Å². The second-order valence-corrected chi connectivity index (χ2v) is 11.0. The summed E-state index contributed by atoms with van der Waals surface area (Å²) in [6.07, 6.45) is 2.32. The van der Waals surface area contributed by atoms with E-state index in [9.17, 15) is 4.79 Å². The van der Waals surface area contributed by atoms with Gasteiger partial charge in [-0.25, -0.2) is 4.98 Å². The molecule has 0 amide bonds. The van der Waals surface area contributed by atoms with Crippen LogP contribution in [0.25, 0.3) is 11.1 Å². The largest absolute Gasteiger partial charge is 0.377 e. The molecule has 2 aromatic carbocycles. The number of anilines is 1. The molecule has 1 atom stereocenters. The zero-order chi connectivity index (χ0) is 22.3. The van der Waals surface area contributed by atoms with Gasteiger partial charge in [0.2, 0.25) is 0 Å². The highest BCUT2D eigenvalue weighted by Crippen LogP contribution is 2.40. The number of rotatable bonds is 4. The van der Waals surface area contributed by atoms with Crippen LogP contribution in [0.1, 0.15) is 41.2 Å². The van der Waals surface area contributed by atoms with Crippen molar-refractivity contribution in [3.05, 3.63) is 69.7 Å². The maximum atomic E-state index is 12.7. The van der Waals surface area contributed by atoms with Gasteiger partial charge in [-0.3, -0.25) is 4.79 Å². The molecule has 0 N–H and O–H groups in total. The van der Waals surface area contributed by atoms with Crippen LogP contribution in [0.3, 0.4) is 0 Å². The molecule has 0 spiro atoms. The molecule has 1 aliphatic carbocycles. The zero-order valence-corrected chi connectivity index (χ0v) is 20.0. The van der Waals surface area contributed by atoms with E-state index in [1.54, 1.807) is 11.3 Å². The quantitative estimate of drug-likeness (QED) is 0.468. The van der Waals surface area contributed by atoms with Crippen LogP contribution in [0.5, 0.6) is 0 Å². The number of thiazole rings is 1. The van der Waals surface area contributed by atoms with Crippen LogP contribution in [-0.2, 0) is 17.6 Å². The molecule has 0 unspecified atom stereocenters. The molecule has 1 aliphatic heterocycles. The Kier molecular flexibility index (Phi) is 5.82. The van der Waals surface area contributed by atoms with E-state index in [0.29, 0.717) is 19.6 Å². The Labute approximate surface area is 198 Å². The first kappa shape index (κ1) is 21.6. The molecular formula is C26H27ClN2O2S. The highest BCUT2D eigenvalue weighted by Gasteiger charge is 2.36. The Morgan fingerprint density at radius 3 is 2.75 bits per heavy atom. The monoisotopic (exact) mass is 466 g/mol. The van der Waals surface area contributed by atoms with Gasteiger partial charge < -0.3 is 9.64 Å². The molecule has 3 aromatic rings. The van der Waals surface area contributed by atoms with E-state index in [2.05, 4.69) is 49.1 Å². The predicted molar refractivity (Wildman–Crippen MR) is 131 cm³/mol. The number of fused-ring (bicyclic) bond motifs is 1. The number of benzene rings is 2. The minimum absolute atomic E-state index is 0.0133. The van der Waals surface area contributed by atoms with Crippen LogP contribution in [0.4, 0.5) is 5.13 Å². The maximum absolute atomic E-state index is 12.7. The lowest BCUT2D eigenvalue weighted by Gasteiger charge is -2.35. The zero-order valence-electron chi connectivity index (χ0n) is 18.4. The van der Waals surface area contributed by atoms with Gasteiger partial charge in [0.1, 0.15) is 0 Å². The summed E-state index contributed by atoms with van der Waals surface area (Å²) in [5.41, 5.74) is 4.48. The van der Waals surface area contributed by atoms with Gasteiger partial charge in [-0.05, 0) is 47.1 Å². The van der Waals surface area contributed by atoms with Gasteiger partial charge in [-0.2, -0.15) is 0 Å². The van der Waals surface area contributed by atoms with E-state index in [-0.39, 0.29) is 17.2 Å². The number of halogens is 1. The normalized spacial score (nSPS) is 20.3. The molecule has 0 bridgehead atoms. The Balaban J connectivity index is 1.40. The summed E-state index contributed by atoms with van der Waals surface area (Å²) in [5, 5.41) is 1.70. The smallest absolute Gasteiger partial charge is 0.186 e. The Bertz CT molecular complexity index is 1160. The molecule has 0 radical (unpaired) electrons. The van der Waals surface area contributed by atoms with E-state index in [4.69, 9.17) is 21.3 Å². The predicted octanol–water partition coefficient (Wildman–Crippen LogP) is 6.07. The first-order valence-corrected chi connectivity index (χ1v) is 12.3. The SMILES string of the molecule is CC1(C)CC(=O)c2sc(N3CCOC[C@@H]3Cc3cccc(-c4cccc(Cl)c4)c3)nc2C1. The van der Waals surface area contributed by atoms with Gasteiger partial charge in [0.25, 0.3) is 0 Å². The van der Waals surface area contributed by atoms with Gasteiger partial charge in [0, 0.05) is 18.0 Å². The van der Waals surface area contributed by atoms with Crippen LogP contribution in [0.15, 0.2) is 48.5 Å². The third-order valence-corrected chi connectivity index (χ3v) is 7.66. The van der Waals surface area contributed by atoms with Crippen molar-refractivity contribution in [2.24, 2.45) is 5.41 Å². The summed E-state index contributed by atoms with van der Waals surface area (Å²) in [4.78, 5) is 20.8. The van der Waals surface area contributed by atoms with E-state index in [1.165, 1.54) is 5.56 Å². The molecule has 1 aromatic heterocycles. The fourth-order valence-electron chi connectivity index (χ4n) is 4.72. The van der Waals surface area contributed by atoms with Crippen LogP contribution in [0, 0.1) is 5.41 Å². The fraction of sp³-hybridized carbons (Fsp3) is 0.385. The van der Waals surface area contributed by atoms with Gasteiger partial charge in [-0.1, -0.05) is 73.2 Å². The molecule has 4 nitrogen and oxygen atoms in total. The van der Waals surface area contributed by atoms with Gasteiger partial charge >= 0.3 is 0 Å². The van der Waals surface area contributed by atoms with Crippen molar-refractivity contribution in [1.82, 2.24) is 4.98 Å². The Hall–Kier alpha value is -2.21. The van der Waals surface area contributed by atoms with E-state index < -0.39 is 0 Å². The molecule has 1 fully saturated rings. The van der Waals surface area contributed by atoms with E-state index in [0.717, 1.165) is 51.2 Å². The first-order valence-electron chi connectivity index (χ1n) is 11.1. The number of morpholine rings is 1. The van der Waals surface area contributed by atoms with Crippen molar-refractivity contribution in [3.63, 3.8) is 0 Å². The number of aromatic nitrogens is 1. The summed E-state index contributed by atoms with van der Waals surface area (Å²) < 4.78 is 5.84. The van der Waals surface area contributed by atoms with Gasteiger partial charge in [0.15, 0.2) is 10.9 Å². The van der Waals surface area contributed by atoms with Gasteiger partial charge in [0.05, 0.1) is 29.8 Å². The number of ether oxygens (including phenoxy) is 1. The topological polar surface area (TPSA) is 42.4 Å². The lowest BCUT2D eigenvalue weighted by Crippen LogP contribution is -2.46. The number of carbonyl (C=O) groups excluding carboxylic acids is 1. The molecule has 1 saturated heterocycles. The number of hydrogen-bond donors (Lipinski definition) is 0. The second kappa shape index (κ2) is 8.62. The Morgan fingerprint density at radius 2 is 1.94 bits per heavy atom. The minimum Gasteiger partial charge on any atom is -0.377 e. The molecule has 166 valence electrons. The van der Waals surface area contributed by atoms with E-state index >= 15 is 0 Å². The number of nitrogens with zero attached hydrogens (tertiary/aromatic N) is 2. The maximum Gasteiger partial charge on any atom is 0.186 e. The van der Waals surface area contributed by atoms with E-state index in [1.807, 2.05) is 18.2 Å². The van der Waals surface area contributed by atoms with Crippen LogP contribution in [-0.4, -0.2) is 36.6 Å². The number of hydrogen-bond acceptors (Lipinski definition) is 5. The highest BCUT2D eigenvalue weighted by atomic mass is 35.5. The third-order valence-electron chi connectivity index (χ3n) is 6.25. The summed E-state index contributed by atoms with van der Waals surface area (Å²) >= 11 is 7.76. The Morgan fingerprint density at radius 1 is 1.16 bits per heavy atom. The third kappa shape index (κ3) is 4.47. The lowest BCUT2D eigenvalue weighted by atomic mass is 9.78. The standard InChI is InChI=1S/C26H27ClN2O2S/c1-26(2)14-22-24(23(30)15-26)32-25(28-22)29-9-10-31-16-21(29)12-17-5-3-6-18(11-17)19-7-4-8-20(27)13-19/h3-8,11,13,21H,9-10,12,14-16H2,1-2H3/t21-/m0/s1. The van der Waals surface area contributed by atoms with Crippen molar-refractivity contribution >= 4 is 33.9 Å². The lowest BCUT2D eigenvalue weighted by molar-refractivity contribution is 0.0915. The molecule has 0 saturated carbocycles. The summed E-state index contributed by atoms with van der Waals surface area (Å²) in [6, 6.07) is 16.8. The van der Waals surface area contributed by atoms with Crippen molar-refractivity contribution in [3.8, 4) is 11.1 Å². The van der Waals surface area contributed by atoms with Crippen LogP contribution < -0.4 is 4.90 Å². The number of ketones is 1. The fourth-order valence-corrected chi connectivity index (χ4v) is 6.03. The number of Topliss-reactive ketones (excluding diaryl/α,β-unsaturated/α-hetero) is 1. The average molecular weight is 467 g/mol. The molecule has 2 aliphatic rings. The van der Waals surface area contributed by atoms with Gasteiger partial charge in [-0.15, -0.1) is 0 Å². The second-order valence-electron chi connectivity index (χ2n) is 9.55. The average Bonchev–Trinajstić information content (AvgIpc) is 3.17. The first-order chi connectivity index (χ1) is 15.4. The molecule has 2 heterocycles. The molecule has 5 rings (SSSR count). The molecule has 32 heavy (non-hydrogen) atoms. The highest BCUT2D eigenvalue weighted by molar-refractivity contribution is 7.17. The van der Waals surface area contributed by atoms with Crippen molar-refractivity contribution in [2.75, 3.05) is 24.7 Å². The summed E-state index contributed by atoms with van der Waals surface area (Å²) in [7, 11) is 0. The summed E-state index contributed by atoms with van der Waals surface area (Å²) in [5.74, 6) is 0.235.